The van der Waals surface area contributed by atoms with Crippen LogP contribution in [0.1, 0.15) is 28.8 Å². The second kappa shape index (κ2) is 7.75. The van der Waals surface area contributed by atoms with E-state index in [2.05, 4.69) is 56.1 Å². The highest BCUT2D eigenvalue weighted by Gasteiger charge is 2.20. The minimum absolute atomic E-state index is 0.707. The van der Waals surface area contributed by atoms with Gasteiger partial charge >= 0.3 is 0 Å². The summed E-state index contributed by atoms with van der Waals surface area (Å²) in [5.74, 6) is 0.996. The third-order valence-corrected chi connectivity index (χ3v) is 4.20. The topological polar surface area (TPSA) is 17.1 Å². The first kappa shape index (κ1) is 15.5. The monoisotopic (exact) mass is 394 g/mol. The zero-order valence-electron chi connectivity index (χ0n) is 11.1. The van der Waals surface area contributed by atoms with Crippen LogP contribution in [0.15, 0.2) is 57.5 Å². The second-order valence-electron chi connectivity index (χ2n) is 4.94. The van der Waals surface area contributed by atoms with E-state index in [1.807, 2.05) is 12.1 Å². The van der Waals surface area contributed by atoms with Crippen LogP contribution in [0, 0.1) is 5.92 Å². The molecular weight excluding hydrogens is 380 g/mol. The van der Waals surface area contributed by atoms with Gasteiger partial charge in [-0.1, -0.05) is 56.1 Å². The average molecular weight is 396 g/mol. The van der Waals surface area contributed by atoms with E-state index in [0.717, 1.165) is 16.7 Å². The van der Waals surface area contributed by atoms with Gasteiger partial charge < -0.3 is 0 Å². The lowest BCUT2D eigenvalue weighted by Crippen LogP contribution is -1.84. The van der Waals surface area contributed by atoms with Crippen LogP contribution in [0.4, 0.5) is 0 Å². The van der Waals surface area contributed by atoms with E-state index < -0.39 is 0 Å². The number of rotatable bonds is 3. The van der Waals surface area contributed by atoms with Crippen LogP contribution in [-0.2, 0) is 6.42 Å². The largest absolute Gasteiger partial charge is 0.298 e. The van der Waals surface area contributed by atoms with Crippen molar-refractivity contribution in [1.29, 1.82) is 0 Å². The molecule has 20 heavy (non-hydrogen) atoms. The van der Waals surface area contributed by atoms with Gasteiger partial charge in [0.2, 0.25) is 0 Å². The van der Waals surface area contributed by atoms with Crippen molar-refractivity contribution in [2.45, 2.75) is 19.3 Å². The van der Waals surface area contributed by atoms with Gasteiger partial charge in [-0.2, -0.15) is 0 Å². The highest BCUT2D eigenvalue weighted by Crippen LogP contribution is 2.32. The smallest absolute Gasteiger partial charge is 0.150 e. The van der Waals surface area contributed by atoms with E-state index in [1.165, 1.54) is 29.3 Å². The summed E-state index contributed by atoms with van der Waals surface area (Å²) in [5, 5.41) is 0. The molecule has 3 rings (SSSR count). The average Bonchev–Trinajstić information content (AvgIpc) is 3.27. The molecule has 0 atom stereocenters. The molecule has 0 amide bonds. The summed E-state index contributed by atoms with van der Waals surface area (Å²) in [7, 11) is 0. The molecule has 0 radical (unpaired) electrons. The maximum Gasteiger partial charge on any atom is 0.150 e. The predicted octanol–water partition coefficient (Wildman–Crippen LogP) is 5.66. The molecule has 0 aromatic heterocycles. The SMILES string of the molecule is Brc1ccc(CC2CC2)cc1.O=Cc1ccc(Br)cc1. The second-order valence-corrected chi connectivity index (χ2v) is 6.77. The maximum absolute atomic E-state index is 10.1. The lowest BCUT2D eigenvalue weighted by molar-refractivity contribution is 0.112. The van der Waals surface area contributed by atoms with Crippen molar-refractivity contribution < 1.29 is 4.79 Å². The summed E-state index contributed by atoms with van der Waals surface area (Å²) in [6.45, 7) is 0. The summed E-state index contributed by atoms with van der Waals surface area (Å²) in [6.07, 6.45) is 4.99. The number of aldehydes is 1. The Hall–Kier alpha value is -0.930. The first-order chi connectivity index (χ1) is 9.67. The van der Waals surface area contributed by atoms with Crippen molar-refractivity contribution in [2.24, 2.45) is 5.92 Å². The van der Waals surface area contributed by atoms with Gasteiger partial charge in [0.05, 0.1) is 0 Å². The molecule has 0 N–H and O–H groups in total. The Morgan fingerprint density at radius 1 is 0.900 bits per heavy atom. The third-order valence-electron chi connectivity index (χ3n) is 3.14. The Morgan fingerprint density at radius 3 is 1.85 bits per heavy atom. The molecule has 0 heterocycles. The maximum atomic E-state index is 10.1. The van der Waals surface area contributed by atoms with E-state index in [4.69, 9.17) is 0 Å². The molecular formula is C17H16Br2O. The molecule has 1 nitrogen and oxygen atoms in total. The van der Waals surface area contributed by atoms with Crippen LogP contribution < -0.4 is 0 Å². The number of benzene rings is 2. The molecule has 1 fully saturated rings. The standard InChI is InChI=1S/C10H11Br.C7H5BrO/c11-10-5-3-9(4-6-10)7-8-1-2-8;8-7-3-1-6(5-9)2-4-7/h3-6,8H,1-2,7H2;1-5H. The van der Waals surface area contributed by atoms with Crippen molar-refractivity contribution in [3.63, 3.8) is 0 Å². The summed E-state index contributed by atoms with van der Waals surface area (Å²) in [6, 6.07) is 15.9. The predicted molar refractivity (Wildman–Crippen MR) is 90.1 cm³/mol. The first-order valence-corrected chi connectivity index (χ1v) is 8.21. The van der Waals surface area contributed by atoms with Crippen molar-refractivity contribution in [2.75, 3.05) is 0 Å². The molecule has 0 unspecified atom stereocenters. The molecule has 1 saturated carbocycles. The normalized spacial score (nSPS) is 13.3. The third kappa shape index (κ3) is 5.59. The van der Waals surface area contributed by atoms with Gasteiger partial charge in [-0.05, 0) is 55.0 Å². The highest BCUT2D eigenvalue weighted by atomic mass is 79.9. The first-order valence-electron chi connectivity index (χ1n) is 6.62. The Labute approximate surface area is 136 Å². The molecule has 0 saturated heterocycles. The number of carbonyl (C=O) groups excluding carboxylic acids is 1. The summed E-state index contributed by atoms with van der Waals surface area (Å²) >= 11 is 6.69. The number of carbonyl (C=O) groups is 1. The quantitative estimate of drug-likeness (QED) is 0.612. The van der Waals surface area contributed by atoms with Crippen molar-refractivity contribution in [3.05, 3.63) is 68.6 Å². The fraction of sp³-hybridized carbons (Fsp3) is 0.235. The molecule has 0 spiro atoms. The van der Waals surface area contributed by atoms with Gasteiger partial charge in [-0.25, -0.2) is 0 Å². The van der Waals surface area contributed by atoms with Crippen LogP contribution in [-0.4, -0.2) is 6.29 Å². The molecule has 2 aromatic carbocycles. The van der Waals surface area contributed by atoms with Crippen LogP contribution in [0.5, 0.6) is 0 Å². The summed E-state index contributed by atoms with van der Waals surface area (Å²) < 4.78 is 2.17. The van der Waals surface area contributed by atoms with Crippen LogP contribution in [0.3, 0.4) is 0 Å². The zero-order chi connectivity index (χ0) is 14.4. The number of hydrogen-bond acceptors (Lipinski definition) is 1. The van der Waals surface area contributed by atoms with E-state index in [1.54, 1.807) is 12.1 Å². The Morgan fingerprint density at radius 2 is 1.40 bits per heavy atom. The Bertz CT molecular complexity index is 542. The molecule has 2 aromatic rings. The van der Waals surface area contributed by atoms with Gasteiger partial charge in [-0.15, -0.1) is 0 Å². The zero-order valence-corrected chi connectivity index (χ0v) is 14.2. The fourth-order valence-corrected chi connectivity index (χ4v) is 2.35. The number of halogens is 2. The van der Waals surface area contributed by atoms with E-state index in [-0.39, 0.29) is 0 Å². The Kier molecular flexibility index (Phi) is 5.99. The van der Waals surface area contributed by atoms with E-state index in [9.17, 15) is 4.79 Å². The molecule has 0 aliphatic heterocycles. The lowest BCUT2D eigenvalue weighted by Gasteiger charge is -1.97. The van der Waals surface area contributed by atoms with Crippen LogP contribution in [0.25, 0.3) is 0 Å². The summed E-state index contributed by atoms with van der Waals surface area (Å²) in [4.78, 5) is 10.1. The molecule has 1 aliphatic carbocycles. The minimum Gasteiger partial charge on any atom is -0.298 e. The van der Waals surface area contributed by atoms with Gasteiger partial charge in [0, 0.05) is 14.5 Å². The fourth-order valence-electron chi connectivity index (χ4n) is 1.82. The van der Waals surface area contributed by atoms with Crippen molar-refractivity contribution in [3.8, 4) is 0 Å². The van der Waals surface area contributed by atoms with Gasteiger partial charge in [0.1, 0.15) is 6.29 Å². The van der Waals surface area contributed by atoms with E-state index >= 15 is 0 Å². The number of hydrogen-bond donors (Lipinski definition) is 0. The molecule has 1 aliphatic rings. The Balaban J connectivity index is 0.000000151. The van der Waals surface area contributed by atoms with Crippen LogP contribution >= 0.6 is 31.9 Å². The molecule has 3 heteroatoms. The van der Waals surface area contributed by atoms with E-state index in [0.29, 0.717) is 5.56 Å². The van der Waals surface area contributed by atoms with Crippen molar-refractivity contribution >= 4 is 38.1 Å². The van der Waals surface area contributed by atoms with Crippen molar-refractivity contribution in [1.82, 2.24) is 0 Å². The van der Waals surface area contributed by atoms with Gasteiger partial charge in [0.25, 0.3) is 0 Å². The molecule has 0 bridgehead atoms. The van der Waals surface area contributed by atoms with Crippen LogP contribution in [0.2, 0.25) is 0 Å². The highest BCUT2D eigenvalue weighted by molar-refractivity contribution is 9.10. The van der Waals surface area contributed by atoms with Gasteiger partial charge in [0.15, 0.2) is 0 Å². The summed E-state index contributed by atoms with van der Waals surface area (Å²) in [5.41, 5.74) is 2.19. The van der Waals surface area contributed by atoms with Gasteiger partial charge in [-0.3, -0.25) is 4.79 Å². The molecule has 104 valence electrons. The lowest BCUT2D eigenvalue weighted by atomic mass is 10.1. The minimum atomic E-state index is 0.707.